The van der Waals surface area contributed by atoms with Gasteiger partial charge in [0.2, 0.25) is 17.7 Å². The Labute approximate surface area is 225 Å². The maximum atomic E-state index is 13.5. The summed E-state index contributed by atoms with van der Waals surface area (Å²) in [5.41, 5.74) is 11.1. The molecule has 0 saturated carbocycles. The molecule has 0 radical (unpaired) electrons. The average Bonchev–Trinajstić information content (AvgIpc) is 2.90. The predicted octanol–water partition coefficient (Wildman–Crippen LogP) is 1.65. The Morgan fingerprint density at radius 1 is 1.24 bits per heavy atom. The van der Waals surface area contributed by atoms with Crippen LogP contribution in [0.2, 0.25) is 0 Å². The second-order valence-corrected chi connectivity index (χ2v) is 9.57. The maximum absolute atomic E-state index is 13.5. The number of methoxy groups -OCH3 is 1. The number of terminal acetylenes is 1. The number of benzene rings is 1. The van der Waals surface area contributed by atoms with Crippen LogP contribution in [0.4, 0.5) is 0 Å². The Kier molecular flexibility index (Phi) is 11.6. The highest BCUT2D eigenvalue weighted by Gasteiger charge is 2.49. The molecular weight excluding hydrogens is 484 g/mol. The number of amides is 3. The normalized spacial score (nSPS) is 18.4. The van der Waals surface area contributed by atoms with Gasteiger partial charge in [0.05, 0.1) is 18.6 Å². The van der Waals surface area contributed by atoms with Crippen molar-refractivity contribution in [3.8, 4) is 18.1 Å². The number of aliphatic hydroxyl groups is 1. The molecule has 6 N–H and O–H groups in total. The summed E-state index contributed by atoms with van der Waals surface area (Å²) in [7, 11) is 1.58. The van der Waals surface area contributed by atoms with Crippen molar-refractivity contribution < 1.29 is 24.2 Å². The molecule has 0 fully saturated rings. The van der Waals surface area contributed by atoms with Gasteiger partial charge in [-0.1, -0.05) is 32.1 Å². The molecule has 1 aliphatic carbocycles. The zero-order valence-electron chi connectivity index (χ0n) is 22.5. The molecule has 38 heavy (non-hydrogen) atoms. The van der Waals surface area contributed by atoms with Crippen LogP contribution < -0.4 is 21.5 Å². The molecule has 1 unspecified atom stereocenters. The first-order valence-corrected chi connectivity index (χ1v) is 12.9. The third-order valence-corrected chi connectivity index (χ3v) is 6.80. The van der Waals surface area contributed by atoms with Crippen molar-refractivity contribution in [3.05, 3.63) is 53.1 Å². The van der Waals surface area contributed by atoms with Crippen LogP contribution in [0.15, 0.2) is 47.6 Å². The first-order valence-electron chi connectivity index (χ1n) is 12.9. The lowest BCUT2D eigenvalue weighted by Crippen LogP contribution is -2.51. The quantitative estimate of drug-likeness (QED) is 0.257. The number of hydrogen-bond acceptors (Lipinski definition) is 6. The number of ether oxygens (including phenoxy) is 1. The monoisotopic (exact) mass is 524 g/mol. The molecule has 3 amide bonds. The Bertz CT molecular complexity index is 1100. The number of nitrogens with one attached hydrogen (secondary N) is 1. The van der Waals surface area contributed by atoms with Crippen LogP contribution in [0, 0.1) is 23.7 Å². The Hall–Kier alpha value is -3.61. The van der Waals surface area contributed by atoms with Crippen molar-refractivity contribution in [1.82, 2.24) is 10.2 Å². The van der Waals surface area contributed by atoms with E-state index in [1.807, 2.05) is 38.1 Å². The van der Waals surface area contributed by atoms with E-state index in [0.29, 0.717) is 25.4 Å². The van der Waals surface area contributed by atoms with E-state index in [4.69, 9.17) is 22.6 Å². The molecule has 1 aromatic carbocycles. The molecule has 9 nitrogen and oxygen atoms in total. The molecule has 9 heteroatoms. The van der Waals surface area contributed by atoms with Crippen LogP contribution in [-0.4, -0.2) is 60.6 Å². The minimum Gasteiger partial charge on any atom is -0.497 e. The van der Waals surface area contributed by atoms with Crippen molar-refractivity contribution in [2.75, 3.05) is 26.7 Å². The molecule has 0 aromatic heterocycles. The van der Waals surface area contributed by atoms with Crippen molar-refractivity contribution in [1.29, 1.82) is 0 Å². The zero-order valence-corrected chi connectivity index (χ0v) is 22.5. The smallest absolute Gasteiger partial charge is 0.249 e. The van der Waals surface area contributed by atoms with Gasteiger partial charge >= 0.3 is 0 Å². The Balaban J connectivity index is 2.39. The van der Waals surface area contributed by atoms with Gasteiger partial charge in [-0.05, 0) is 43.0 Å². The highest BCUT2D eigenvalue weighted by Crippen LogP contribution is 2.44. The molecule has 1 aromatic rings. The number of nitrogens with zero attached hydrogens (tertiary/aromatic N) is 1. The third kappa shape index (κ3) is 7.46. The number of rotatable bonds is 15. The fraction of sp³-hybridized carbons (Fsp3) is 0.483. The Morgan fingerprint density at radius 3 is 2.47 bits per heavy atom. The minimum atomic E-state index is -1.59. The fourth-order valence-corrected chi connectivity index (χ4v) is 4.92. The first-order chi connectivity index (χ1) is 18.1. The number of carbonyl (C=O) groups excluding carboxylic acids is 3. The Morgan fingerprint density at radius 2 is 1.92 bits per heavy atom. The van der Waals surface area contributed by atoms with Crippen LogP contribution >= 0.6 is 0 Å². The molecular formula is C29H40N4O5. The van der Waals surface area contributed by atoms with Crippen LogP contribution in [0.3, 0.4) is 0 Å². The van der Waals surface area contributed by atoms with E-state index >= 15 is 0 Å². The summed E-state index contributed by atoms with van der Waals surface area (Å²) in [6, 6.07) is 7.47. The highest BCUT2D eigenvalue weighted by atomic mass is 16.5. The summed E-state index contributed by atoms with van der Waals surface area (Å²) in [4.78, 5) is 40.5. The van der Waals surface area contributed by atoms with Gasteiger partial charge in [-0.25, -0.2) is 0 Å². The molecule has 0 spiro atoms. The minimum absolute atomic E-state index is 0.00934. The van der Waals surface area contributed by atoms with Crippen LogP contribution in [0.25, 0.3) is 0 Å². The number of primary amides is 2. The molecule has 206 valence electrons. The SMILES string of the molecule is C#CC[C@H]([C@@H](O)CNCc1cccc(OC)c1)C1(C(N)=O)C=C(C(N)=O)C=C(C(=O)N(CCC)CCC)C1. The van der Waals surface area contributed by atoms with Crippen LogP contribution in [0.5, 0.6) is 5.75 Å². The maximum Gasteiger partial charge on any atom is 0.249 e. The summed E-state index contributed by atoms with van der Waals surface area (Å²) >= 11 is 0. The first kappa shape index (κ1) is 30.6. The van der Waals surface area contributed by atoms with Crippen LogP contribution in [-0.2, 0) is 20.9 Å². The van der Waals surface area contributed by atoms with E-state index in [9.17, 15) is 19.5 Å². The van der Waals surface area contributed by atoms with Gasteiger partial charge in [0.15, 0.2) is 0 Å². The van der Waals surface area contributed by atoms with Gasteiger partial charge < -0.3 is 31.5 Å². The summed E-state index contributed by atoms with van der Waals surface area (Å²) in [6.07, 6.45) is 8.72. The molecule has 0 aliphatic heterocycles. The highest BCUT2D eigenvalue weighted by molar-refractivity contribution is 6.03. The molecule has 0 bridgehead atoms. The summed E-state index contributed by atoms with van der Waals surface area (Å²) in [6.45, 7) is 5.48. The van der Waals surface area contributed by atoms with Gasteiger partial charge in [0, 0.05) is 49.7 Å². The molecule has 3 atom stereocenters. The number of nitrogens with two attached hydrogens (primary N) is 2. The van der Waals surface area contributed by atoms with Gasteiger partial charge in [-0.15, -0.1) is 12.3 Å². The number of hydrogen-bond donors (Lipinski definition) is 4. The van der Waals surface area contributed by atoms with E-state index in [1.165, 1.54) is 12.2 Å². The molecule has 0 heterocycles. The second kappa shape index (κ2) is 14.4. The zero-order chi connectivity index (χ0) is 28.3. The number of carbonyl (C=O) groups is 3. The molecule has 2 rings (SSSR count). The average molecular weight is 525 g/mol. The summed E-state index contributed by atoms with van der Waals surface area (Å²) < 4.78 is 5.25. The third-order valence-electron chi connectivity index (χ3n) is 6.80. The van der Waals surface area contributed by atoms with E-state index in [1.54, 1.807) is 12.0 Å². The van der Waals surface area contributed by atoms with Crippen LogP contribution in [0.1, 0.15) is 45.1 Å². The predicted molar refractivity (Wildman–Crippen MR) is 146 cm³/mol. The topological polar surface area (TPSA) is 148 Å². The number of aliphatic hydroxyl groups excluding tert-OH is 1. The summed E-state index contributed by atoms with van der Waals surface area (Å²) in [5, 5.41) is 14.4. The molecule has 0 saturated heterocycles. The van der Waals surface area contributed by atoms with Gasteiger partial charge in [0.25, 0.3) is 0 Å². The second-order valence-electron chi connectivity index (χ2n) is 9.57. The van der Waals surface area contributed by atoms with Crippen molar-refractivity contribution >= 4 is 17.7 Å². The van der Waals surface area contributed by atoms with E-state index in [2.05, 4.69) is 11.2 Å². The van der Waals surface area contributed by atoms with Crippen molar-refractivity contribution in [3.63, 3.8) is 0 Å². The van der Waals surface area contributed by atoms with E-state index in [-0.39, 0.29) is 36.4 Å². The van der Waals surface area contributed by atoms with Crippen molar-refractivity contribution in [2.45, 2.75) is 52.2 Å². The lowest BCUT2D eigenvalue weighted by atomic mass is 9.64. The largest absolute Gasteiger partial charge is 0.497 e. The lowest BCUT2D eigenvalue weighted by Gasteiger charge is -2.41. The lowest BCUT2D eigenvalue weighted by molar-refractivity contribution is -0.132. The van der Waals surface area contributed by atoms with Gasteiger partial charge in [0.1, 0.15) is 5.75 Å². The van der Waals surface area contributed by atoms with Crippen molar-refractivity contribution in [2.24, 2.45) is 22.8 Å². The molecule has 1 aliphatic rings. The standard InChI is InChI=1S/C29H40N4O5/c1-5-9-24(25(34)19-32-18-20-10-8-11-23(14-20)38-4)29(28(31)37)16-21(26(30)35)15-22(17-29)27(36)33(12-6-2)13-7-3/h1,8,10-11,14-16,24-25,32,34H,6-7,9,12-13,17-19H2,2-4H3,(H2,30,35)(H2,31,37)/t24-,25+,29?/m1/s1. The van der Waals surface area contributed by atoms with Gasteiger partial charge in [-0.2, -0.15) is 0 Å². The van der Waals surface area contributed by atoms with E-state index < -0.39 is 29.3 Å². The van der Waals surface area contributed by atoms with Gasteiger partial charge in [-0.3, -0.25) is 14.4 Å². The van der Waals surface area contributed by atoms with E-state index in [0.717, 1.165) is 18.4 Å². The summed E-state index contributed by atoms with van der Waals surface area (Å²) in [5.74, 6) is 0.469. The fourth-order valence-electron chi connectivity index (χ4n) is 4.92.